The van der Waals surface area contributed by atoms with E-state index in [9.17, 15) is 9.59 Å². The molecule has 6 nitrogen and oxygen atoms in total. The van der Waals surface area contributed by atoms with Crippen LogP contribution in [0.4, 0.5) is 0 Å². The molecule has 1 atom stereocenters. The lowest BCUT2D eigenvalue weighted by Gasteiger charge is -2.33. The number of piperidine rings is 1. The number of carbonyl (C=O) groups excluding carboxylic acids is 1. The summed E-state index contributed by atoms with van der Waals surface area (Å²) in [7, 11) is 0. The van der Waals surface area contributed by atoms with E-state index in [-0.39, 0.29) is 11.5 Å². The molecule has 2 aliphatic rings. The van der Waals surface area contributed by atoms with Crippen LogP contribution in [-0.2, 0) is 13.0 Å². The van der Waals surface area contributed by atoms with Crippen LogP contribution in [0.1, 0.15) is 61.6 Å². The lowest BCUT2D eigenvalue weighted by atomic mass is 10.0. The number of benzene rings is 1. The third-order valence-corrected chi connectivity index (χ3v) is 6.20. The van der Waals surface area contributed by atoms with Crippen molar-refractivity contribution in [2.24, 2.45) is 0 Å². The number of rotatable bonds is 4. The summed E-state index contributed by atoms with van der Waals surface area (Å²) in [6, 6.07) is 5.86. The topological polar surface area (TPSA) is 67.2 Å². The highest BCUT2D eigenvalue weighted by molar-refractivity contribution is 5.97. The van der Waals surface area contributed by atoms with Crippen LogP contribution >= 0.6 is 0 Å². The van der Waals surface area contributed by atoms with Crippen molar-refractivity contribution in [2.45, 2.75) is 64.5 Å². The number of carbonyl (C=O) groups is 1. The Morgan fingerprint density at radius 1 is 1.18 bits per heavy atom. The zero-order chi connectivity index (χ0) is 19.5. The number of nitrogens with zero attached hydrogens (tertiary/aromatic N) is 3. The monoisotopic (exact) mass is 382 g/mol. The molecule has 28 heavy (non-hydrogen) atoms. The number of nitrogens with one attached hydrogen (secondary N) is 1. The van der Waals surface area contributed by atoms with Gasteiger partial charge < -0.3 is 5.32 Å². The summed E-state index contributed by atoms with van der Waals surface area (Å²) in [5.41, 5.74) is 1.23. The molecule has 1 fully saturated rings. The Balaban J connectivity index is 1.48. The van der Waals surface area contributed by atoms with Crippen LogP contribution in [0.25, 0.3) is 10.9 Å². The molecule has 0 saturated carbocycles. The second kappa shape index (κ2) is 8.43. The molecule has 1 aromatic heterocycles. The summed E-state index contributed by atoms with van der Waals surface area (Å²) in [6.07, 6.45) is 7.83. The van der Waals surface area contributed by atoms with Crippen LogP contribution in [0.15, 0.2) is 23.0 Å². The smallest absolute Gasteiger partial charge is 0.261 e. The fraction of sp³-hybridized carbons (Fsp3) is 0.591. The fourth-order valence-electron chi connectivity index (χ4n) is 4.46. The van der Waals surface area contributed by atoms with Gasteiger partial charge in [-0.3, -0.25) is 19.1 Å². The van der Waals surface area contributed by atoms with E-state index < -0.39 is 0 Å². The standard InChI is InChI=1S/C22H30N4O2/c1-16-7-4-6-12-25(16)14-11-23-21(27)17-9-10-18-19(15-17)24-20-8-3-2-5-13-26(20)22(18)28/h9-10,15-16H,2-8,11-14H2,1H3,(H,23,27). The molecular weight excluding hydrogens is 352 g/mol. The highest BCUT2D eigenvalue weighted by Crippen LogP contribution is 2.17. The molecule has 6 heteroatoms. The van der Waals surface area contributed by atoms with E-state index in [4.69, 9.17) is 4.98 Å². The Morgan fingerprint density at radius 3 is 2.89 bits per heavy atom. The highest BCUT2D eigenvalue weighted by atomic mass is 16.1. The third kappa shape index (κ3) is 3.97. The average Bonchev–Trinajstić information content (AvgIpc) is 2.95. The minimum absolute atomic E-state index is 0.0212. The molecule has 1 saturated heterocycles. The molecule has 3 heterocycles. The van der Waals surface area contributed by atoms with Crippen molar-refractivity contribution in [3.05, 3.63) is 39.9 Å². The Hall–Kier alpha value is -2.21. The van der Waals surface area contributed by atoms with E-state index in [0.717, 1.165) is 51.1 Å². The summed E-state index contributed by atoms with van der Waals surface area (Å²) >= 11 is 0. The minimum atomic E-state index is -0.0941. The molecule has 2 aliphatic heterocycles. The van der Waals surface area contributed by atoms with Gasteiger partial charge in [-0.15, -0.1) is 0 Å². The maximum Gasteiger partial charge on any atom is 0.261 e. The summed E-state index contributed by atoms with van der Waals surface area (Å²) in [5.74, 6) is 0.759. The van der Waals surface area contributed by atoms with Crippen molar-refractivity contribution in [2.75, 3.05) is 19.6 Å². The van der Waals surface area contributed by atoms with Gasteiger partial charge in [0.15, 0.2) is 0 Å². The van der Waals surface area contributed by atoms with Gasteiger partial charge in [-0.25, -0.2) is 4.98 Å². The zero-order valence-corrected chi connectivity index (χ0v) is 16.7. The van der Waals surface area contributed by atoms with Gasteiger partial charge in [0.1, 0.15) is 5.82 Å². The summed E-state index contributed by atoms with van der Waals surface area (Å²) in [4.78, 5) is 32.6. The predicted octanol–water partition coefficient (Wildman–Crippen LogP) is 2.73. The first kappa shape index (κ1) is 19.1. The first-order valence-electron chi connectivity index (χ1n) is 10.7. The molecule has 150 valence electrons. The van der Waals surface area contributed by atoms with Gasteiger partial charge in [0.2, 0.25) is 0 Å². The van der Waals surface area contributed by atoms with E-state index in [2.05, 4.69) is 17.1 Å². The van der Waals surface area contributed by atoms with E-state index >= 15 is 0 Å². The number of likely N-dealkylation sites (tertiary alicyclic amines) is 1. The highest BCUT2D eigenvalue weighted by Gasteiger charge is 2.18. The van der Waals surface area contributed by atoms with Crippen molar-refractivity contribution in [1.29, 1.82) is 0 Å². The maximum absolute atomic E-state index is 12.8. The minimum Gasteiger partial charge on any atom is -0.351 e. The van der Waals surface area contributed by atoms with E-state index in [1.807, 2.05) is 4.57 Å². The maximum atomic E-state index is 12.8. The summed E-state index contributed by atoms with van der Waals surface area (Å²) < 4.78 is 1.81. The molecule has 2 aromatic rings. The number of aromatic nitrogens is 2. The molecule has 4 rings (SSSR count). The number of hydrogen-bond acceptors (Lipinski definition) is 4. The van der Waals surface area contributed by atoms with E-state index in [0.29, 0.717) is 29.1 Å². The van der Waals surface area contributed by atoms with Crippen LogP contribution in [0.2, 0.25) is 0 Å². The van der Waals surface area contributed by atoms with Crippen molar-refractivity contribution in [3.8, 4) is 0 Å². The zero-order valence-electron chi connectivity index (χ0n) is 16.7. The first-order valence-corrected chi connectivity index (χ1v) is 10.7. The lowest BCUT2D eigenvalue weighted by Crippen LogP contribution is -2.42. The average molecular weight is 383 g/mol. The predicted molar refractivity (Wildman–Crippen MR) is 111 cm³/mol. The summed E-state index contributed by atoms with van der Waals surface area (Å²) in [6.45, 7) is 5.65. The quantitative estimate of drug-likeness (QED) is 0.883. The molecule has 1 aromatic carbocycles. The van der Waals surface area contributed by atoms with E-state index in [1.165, 1.54) is 19.3 Å². The third-order valence-electron chi connectivity index (χ3n) is 6.20. The largest absolute Gasteiger partial charge is 0.351 e. The van der Waals surface area contributed by atoms with Crippen LogP contribution in [0, 0.1) is 0 Å². The molecule has 0 bridgehead atoms. The van der Waals surface area contributed by atoms with Gasteiger partial charge in [-0.2, -0.15) is 0 Å². The second-order valence-electron chi connectivity index (χ2n) is 8.16. The number of fused-ring (bicyclic) bond motifs is 2. The van der Waals surface area contributed by atoms with E-state index in [1.54, 1.807) is 18.2 Å². The molecule has 0 spiro atoms. The number of aryl methyl sites for hydroxylation is 1. The van der Waals surface area contributed by atoms with Crippen molar-refractivity contribution < 1.29 is 4.79 Å². The van der Waals surface area contributed by atoms with Crippen LogP contribution in [-0.4, -0.2) is 46.0 Å². The molecule has 0 aliphatic carbocycles. The van der Waals surface area contributed by atoms with Crippen molar-refractivity contribution in [3.63, 3.8) is 0 Å². The fourth-order valence-corrected chi connectivity index (χ4v) is 4.46. The van der Waals surface area contributed by atoms with Gasteiger partial charge in [0.25, 0.3) is 11.5 Å². The molecule has 1 N–H and O–H groups in total. The van der Waals surface area contributed by atoms with Crippen molar-refractivity contribution >= 4 is 16.8 Å². The van der Waals surface area contributed by atoms with Crippen LogP contribution in [0.3, 0.4) is 0 Å². The van der Waals surface area contributed by atoms with Crippen molar-refractivity contribution in [1.82, 2.24) is 19.8 Å². The van der Waals surface area contributed by atoms with Crippen LogP contribution < -0.4 is 10.9 Å². The normalized spacial score (nSPS) is 20.5. The summed E-state index contributed by atoms with van der Waals surface area (Å²) in [5, 5.41) is 3.63. The van der Waals surface area contributed by atoms with Gasteiger partial charge in [0.05, 0.1) is 10.9 Å². The molecule has 1 unspecified atom stereocenters. The second-order valence-corrected chi connectivity index (χ2v) is 8.16. The molecular formula is C22H30N4O2. The SMILES string of the molecule is CC1CCCCN1CCNC(=O)c1ccc2c(=O)n3c(nc2c1)CCCCC3. The Bertz CT molecular complexity index is 921. The molecule has 1 amide bonds. The van der Waals surface area contributed by atoms with Gasteiger partial charge in [0, 0.05) is 37.7 Å². The Morgan fingerprint density at radius 2 is 2.04 bits per heavy atom. The van der Waals surface area contributed by atoms with Gasteiger partial charge >= 0.3 is 0 Å². The Labute approximate surface area is 165 Å². The number of hydrogen-bond donors (Lipinski definition) is 1. The van der Waals surface area contributed by atoms with Gasteiger partial charge in [-0.1, -0.05) is 12.8 Å². The molecule has 0 radical (unpaired) electrons. The first-order chi connectivity index (χ1) is 13.6. The number of amides is 1. The van der Waals surface area contributed by atoms with Gasteiger partial charge in [-0.05, 0) is 57.4 Å². The van der Waals surface area contributed by atoms with Crippen LogP contribution in [0.5, 0.6) is 0 Å². The Kier molecular flexibility index (Phi) is 5.76. The lowest BCUT2D eigenvalue weighted by molar-refractivity contribution is 0.0938.